The van der Waals surface area contributed by atoms with Gasteiger partial charge in [0.25, 0.3) is 16.8 Å². The lowest BCUT2D eigenvalue weighted by Crippen LogP contribution is -2.27. The van der Waals surface area contributed by atoms with Gasteiger partial charge in [0.1, 0.15) is 10.6 Å². The van der Waals surface area contributed by atoms with Crippen molar-refractivity contribution in [3.63, 3.8) is 0 Å². The highest BCUT2D eigenvalue weighted by Gasteiger charge is 2.35. The number of nitro benzene ring substituents is 1. The molecule has 4 aromatic carbocycles. The molecule has 0 unspecified atom stereocenters. The molecule has 0 radical (unpaired) electrons. The SMILES string of the molecule is Cc1ccc(S(=O)(=O)Oc2ccc(/C=C3\SC(=O)N(Cc4cccc5ccccc45)C3=O)cc2)cc1[N+](=O)[O-]. The van der Waals surface area contributed by atoms with Gasteiger partial charge in [0.15, 0.2) is 0 Å². The molecule has 39 heavy (non-hydrogen) atoms. The Labute approximate surface area is 228 Å². The zero-order chi connectivity index (χ0) is 27.7. The maximum atomic E-state index is 13.0. The zero-order valence-corrected chi connectivity index (χ0v) is 22.1. The average Bonchev–Trinajstić information content (AvgIpc) is 3.17. The van der Waals surface area contributed by atoms with E-state index in [2.05, 4.69) is 0 Å². The predicted octanol–water partition coefficient (Wildman–Crippen LogP) is 6.06. The van der Waals surface area contributed by atoms with E-state index in [0.717, 1.165) is 34.2 Å². The normalized spacial score (nSPS) is 14.8. The molecular weight excluding hydrogens is 540 g/mol. The Hall–Kier alpha value is -4.48. The summed E-state index contributed by atoms with van der Waals surface area (Å²) in [6.07, 6.45) is 1.55. The molecule has 11 heteroatoms. The minimum atomic E-state index is -4.32. The van der Waals surface area contributed by atoms with Crippen molar-refractivity contribution < 1.29 is 27.1 Å². The molecular formula is C28H20N2O7S2. The molecule has 0 aliphatic carbocycles. The topological polar surface area (TPSA) is 124 Å². The molecule has 5 rings (SSSR count). The fourth-order valence-electron chi connectivity index (χ4n) is 4.12. The molecule has 1 fully saturated rings. The summed E-state index contributed by atoms with van der Waals surface area (Å²) in [6, 6.07) is 22.9. The third-order valence-electron chi connectivity index (χ3n) is 6.13. The Morgan fingerprint density at radius 1 is 0.974 bits per heavy atom. The molecule has 0 N–H and O–H groups in total. The van der Waals surface area contributed by atoms with Crippen molar-refractivity contribution >= 4 is 55.6 Å². The van der Waals surface area contributed by atoms with Crippen LogP contribution in [0.15, 0.2) is 94.7 Å². The Kier molecular flexibility index (Phi) is 6.94. The number of rotatable bonds is 7. The van der Waals surface area contributed by atoms with Gasteiger partial charge in [0.05, 0.1) is 16.4 Å². The highest BCUT2D eigenvalue weighted by atomic mass is 32.2. The van der Waals surface area contributed by atoms with Gasteiger partial charge in [-0.1, -0.05) is 60.7 Å². The molecule has 4 aromatic rings. The second-order valence-corrected chi connectivity index (χ2v) is 11.3. The first-order valence-electron chi connectivity index (χ1n) is 11.6. The molecule has 0 bridgehead atoms. The van der Waals surface area contributed by atoms with Crippen LogP contribution < -0.4 is 4.18 Å². The third-order valence-corrected chi connectivity index (χ3v) is 8.28. The Bertz CT molecular complexity index is 1780. The number of thioether (sulfide) groups is 1. The van der Waals surface area contributed by atoms with Crippen molar-refractivity contribution in [2.24, 2.45) is 0 Å². The summed E-state index contributed by atoms with van der Waals surface area (Å²) in [5.74, 6) is -0.429. The molecule has 0 atom stereocenters. The smallest absolute Gasteiger partial charge is 0.339 e. The standard InChI is InChI=1S/C28H20N2O7S2/c1-18-9-14-23(16-25(18)30(33)34)39(35,36)37-22-12-10-19(11-13-22)15-26-27(31)29(28(32)38-26)17-21-7-4-6-20-5-2-3-8-24(20)21/h2-16H,17H2,1H3/b26-15-. The van der Waals surface area contributed by atoms with Gasteiger partial charge in [-0.2, -0.15) is 8.42 Å². The lowest BCUT2D eigenvalue weighted by molar-refractivity contribution is -0.385. The molecule has 0 aromatic heterocycles. The summed E-state index contributed by atoms with van der Waals surface area (Å²) >= 11 is 0.834. The van der Waals surface area contributed by atoms with Gasteiger partial charge < -0.3 is 4.18 Å². The minimum absolute atomic E-state index is 0.0144. The van der Waals surface area contributed by atoms with E-state index < -0.39 is 20.9 Å². The predicted molar refractivity (Wildman–Crippen MR) is 148 cm³/mol. The van der Waals surface area contributed by atoms with Crippen molar-refractivity contribution in [1.29, 1.82) is 0 Å². The van der Waals surface area contributed by atoms with Gasteiger partial charge in [0, 0.05) is 11.6 Å². The zero-order valence-electron chi connectivity index (χ0n) is 20.4. The molecule has 1 aliphatic heterocycles. The molecule has 196 valence electrons. The number of carbonyl (C=O) groups is 2. The molecule has 0 spiro atoms. The molecule has 2 amide bonds. The quantitative estimate of drug-likeness (QED) is 0.116. The minimum Gasteiger partial charge on any atom is -0.379 e. The van der Waals surface area contributed by atoms with Crippen molar-refractivity contribution in [2.45, 2.75) is 18.4 Å². The van der Waals surface area contributed by atoms with E-state index in [1.165, 1.54) is 36.1 Å². The van der Waals surface area contributed by atoms with Crippen LogP contribution in [0.4, 0.5) is 10.5 Å². The number of hydrogen-bond acceptors (Lipinski definition) is 8. The molecule has 9 nitrogen and oxygen atoms in total. The molecule has 1 aliphatic rings. The first kappa shape index (κ1) is 26.1. The van der Waals surface area contributed by atoms with Crippen LogP contribution in [0.3, 0.4) is 0 Å². The summed E-state index contributed by atoms with van der Waals surface area (Å²) in [5, 5.41) is 12.8. The second-order valence-electron chi connectivity index (χ2n) is 8.72. The van der Waals surface area contributed by atoms with E-state index in [1.807, 2.05) is 42.5 Å². The van der Waals surface area contributed by atoms with Crippen LogP contribution in [-0.4, -0.2) is 29.4 Å². The number of hydrogen-bond donors (Lipinski definition) is 0. The largest absolute Gasteiger partial charge is 0.379 e. The maximum Gasteiger partial charge on any atom is 0.339 e. The van der Waals surface area contributed by atoms with Gasteiger partial charge >= 0.3 is 10.1 Å². The van der Waals surface area contributed by atoms with E-state index in [4.69, 9.17) is 4.18 Å². The van der Waals surface area contributed by atoms with E-state index in [1.54, 1.807) is 18.2 Å². The van der Waals surface area contributed by atoms with Crippen LogP contribution in [0.1, 0.15) is 16.7 Å². The molecule has 1 saturated heterocycles. The monoisotopic (exact) mass is 560 g/mol. The van der Waals surface area contributed by atoms with E-state index >= 15 is 0 Å². The fraction of sp³-hybridized carbons (Fsp3) is 0.0714. The average molecular weight is 561 g/mol. The number of carbonyl (C=O) groups excluding carboxylic acids is 2. The van der Waals surface area contributed by atoms with Gasteiger partial charge in [-0.15, -0.1) is 0 Å². The van der Waals surface area contributed by atoms with E-state index in [-0.39, 0.29) is 33.0 Å². The summed E-state index contributed by atoms with van der Waals surface area (Å²) in [4.78, 5) is 37.3. The fourth-order valence-corrected chi connectivity index (χ4v) is 5.91. The Morgan fingerprint density at radius 2 is 1.69 bits per heavy atom. The van der Waals surface area contributed by atoms with Crippen molar-refractivity contribution in [1.82, 2.24) is 4.90 Å². The van der Waals surface area contributed by atoms with Crippen LogP contribution in [0, 0.1) is 17.0 Å². The lowest BCUT2D eigenvalue weighted by Gasteiger charge is -2.14. The van der Waals surface area contributed by atoms with Gasteiger partial charge in [-0.25, -0.2) is 0 Å². The van der Waals surface area contributed by atoms with Crippen molar-refractivity contribution in [3.8, 4) is 5.75 Å². The lowest BCUT2D eigenvalue weighted by atomic mass is 10.0. The first-order chi connectivity index (χ1) is 18.6. The first-order valence-corrected chi connectivity index (χ1v) is 13.9. The van der Waals surface area contributed by atoms with Crippen LogP contribution >= 0.6 is 11.8 Å². The Balaban J connectivity index is 1.31. The van der Waals surface area contributed by atoms with E-state index in [9.17, 15) is 28.1 Å². The van der Waals surface area contributed by atoms with Crippen LogP contribution in [-0.2, 0) is 21.5 Å². The van der Waals surface area contributed by atoms with Crippen LogP contribution in [0.5, 0.6) is 5.75 Å². The number of imide groups is 1. The summed E-state index contributed by atoms with van der Waals surface area (Å²) in [6.45, 7) is 1.65. The summed E-state index contributed by atoms with van der Waals surface area (Å²) in [5.41, 5.74) is 1.41. The van der Waals surface area contributed by atoms with Gasteiger partial charge in [0.2, 0.25) is 0 Å². The highest BCUT2D eigenvalue weighted by molar-refractivity contribution is 8.18. The number of benzene rings is 4. The van der Waals surface area contributed by atoms with E-state index in [0.29, 0.717) is 11.1 Å². The van der Waals surface area contributed by atoms with Crippen LogP contribution in [0.2, 0.25) is 0 Å². The maximum absolute atomic E-state index is 13.0. The third kappa shape index (κ3) is 5.40. The van der Waals surface area contributed by atoms with Crippen molar-refractivity contribution in [3.05, 3.63) is 117 Å². The second kappa shape index (κ2) is 10.4. The molecule has 1 heterocycles. The molecule has 0 saturated carbocycles. The van der Waals surface area contributed by atoms with Crippen molar-refractivity contribution in [2.75, 3.05) is 0 Å². The van der Waals surface area contributed by atoms with Crippen LogP contribution in [0.25, 0.3) is 16.8 Å². The summed E-state index contributed by atoms with van der Waals surface area (Å²) in [7, 11) is -4.32. The number of nitro groups is 1. The van der Waals surface area contributed by atoms with Gasteiger partial charge in [-0.05, 0) is 64.9 Å². The Morgan fingerprint density at radius 3 is 2.44 bits per heavy atom. The number of amides is 2. The number of nitrogens with zero attached hydrogens (tertiary/aromatic N) is 2. The summed E-state index contributed by atoms with van der Waals surface area (Å²) < 4.78 is 30.4. The number of aryl methyl sites for hydroxylation is 1. The van der Waals surface area contributed by atoms with Gasteiger partial charge in [-0.3, -0.25) is 24.6 Å². The number of fused-ring (bicyclic) bond motifs is 1. The highest BCUT2D eigenvalue weighted by Crippen LogP contribution is 2.34.